The number of para-hydroxylation sites is 1. The van der Waals surface area contributed by atoms with Crippen LogP contribution < -0.4 is 15.4 Å². The van der Waals surface area contributed by atoms with Gasteiger partial charge in [0, 0.05) is 28.0 Å². The number of aryl methyl sites for hydroxylation is 1. The predicted molar refractivity (Wildman–Crippen MR) is 113 cm³/mol. The minimum atomic E-state index is -0.191. The summed E-state index contributed by atoms with van der Waals surface area (Å²) >= 11 is 3.49. The molecule has 1 amide bonds. The van der Waals surface area contributed by atoms with Crippen LogP contribution in [0.1, 0.15) is 11.1 Å². The van der Waals surface area contributed by atoms with Gasteiger partial charge in [-0.1, -0.05) is 51.8 Å². The second-order valence-electron chi connectivity index (χ2n) is 6.17. The summed E-state index contributed by atoms with van der Waals surface area (Å²) < 4.78 is 6.73. The number of halogens is 1. The number of carbonyl (C=O) groups excluding carboxylic acids is 1. The minimum Gasteiger partial charge on any atom is -0.483 e. The van der Waals surface area contributed by atoms with Crippen LogP contribution in [0.4, 0.5) is 11.4 Å². The van der Waals surface area contributed by atoms with E-state index in [0.29, 0.717) is 12.3 Å². The molecule has 0 heterocycles. The van der Waals surface area contributed by atoms with E-state index in [9.17, 15) is 4.79 Å². The van der Waals surface area contributed by atoms with Crippen LogP contribution in [0, 0.1) is 6.92 Å². The van der Waals surface area contributed by atoms with Crippen molar-refractivity contribution in [1.29, 1.82) is 0 Å². The zero-order valence-corrected chi connectivity index (χ0v) is 16.6. The molecular weight excluding hydrogens is 404 g/mol. The number of anilines is 2. The molecule has 4 nitrogen and oxygen atoms in total. The molecule has 2 N–H and O–H groups in total. The Morgan fingerprint density at radius 2 is 1.70 bits per heavy atom. The average molecular weight is 425 g/mol. The molecule has 0 radical (unpaired) electrons. The van der Waals surface area contributed by atoms with E-state index in [-0.39, 0.29) is 12.5 Å². The maximum atomic E-state index is 12.2. The Bertz CT molecular complexity index is 896. The number of nitrogens with one attached hydrogen (secondary N) is 2. The number of hydrogen-bond acceptors (Lipinski definition) is 3. The van der Waals surface area contributed by atoms with Gasteiger partial charge in [0.1, 0.15) is 5.75 Å². The van der Waals surface area contributed by atoms with Gasteiger partial charge in [-0.25, -0.2) is 0 Å². The molecule has 0 bridgehead atoms. The van der Waals surface area contributed by atoms with Crippen LogP contribution in [0.25, 0.3) is 0 Å². The minimum absolute atomic E-state index is 0.0478. The first-order valence-electron chi connectivity index (χ1n) is 8.67. The number of benzene rings is 3. The van der Waals surface area contributed by atoms with Crippen LogP contribution in [0.5, 0.6) is 5.75 Å². The van der Waals surface area contributed by atoms with E-state index < -0.39 is 0 Å². The highest BCUT2D eigenvalue weighted by Crippen LogP contribution is 2.24. The standard InChI is InChI=1S/C22H21BrN2O2/c1-16-7-10-20(11-8-16)25-22(26)15-27-21-12-9-18(23)13-17(21)14-24-19-5-3-2-4-6-19/h2-13,24H,14-15H2,1H3,(H,25,26). The lowest BCUT2D eigenvalue weighted by atomic mass is 10.2. The van der Waals surface area contributed by atoms with Gasteiger partial charge in [0.2, 0.25) is 0 Å². The first-order chi connectivity index (χ1) is 13.1. The van der Waals surface area contributed by atoms with Crippen LogP contribution >= 0.6 is 15.9 Å². The highest BCUT2D eigenvalue weighted by atomic mass is 79.9. The van der Waals surface area contributed by atoms with Crippen molar-refractivity contribution in [2.75, 3.05) is 17.2 Å². The summed E-state index contributed by atoms with van der Waals surface area (Å²) in [5.74, 6) is 0.490. The maximum absolute atomic E-state index is 12.2. The zero-order chi connectivity index (χ0) is 19.1. The van der Waals surface area contributed by atoms with Crippen molar-refractivity contribution >= 4 is 33.2 Å². The molecule has 27 heavy (non-hydrogen) atoms. The molecule has 0 spiro atoms. The van der Waals surface area contributed by atoms with E-state index in [1.165, 1.54) is 0 Å². The normalized spacial score (nSPS) is 10.3. The first-order valence-corrected chi connectivity index (χ1v) is 9.46. The smallest absolute Gasteiger partial charge is 0.262 e. The Kier molecular flexibility index (Phi) is 6.49. The maximum Gasteiger partial charge on any atom is 0.262 e. The molecule has 0 saturated carbocycles. The predicted octanol–water partition coefficient (Wildman–Crippen LogP) is 5.39. The molecule has 0 aliphatic carbocycles. The zero-order valence-electron chi connectivity index (χ0n) is 15.0. The number of rotatable bonds is 7. The topological polar surface area (TPSA) is 50.4 Å². The Morgan fingerprint density at radius 1 is 0.963 bits per heavy atom. The largest absolute Gasteiger partial charge is 0.483 e. The molecule has 0 aliphatic heterocycles. The van der Waals surface area contributed by atoms with Crippen LogP contribution in [0.15, 0.2) is 77.3 Å². The summed E-state index contributed by atoms with van der Waals surface area (Å²) in [7, 11) is 0. The third-order valence-corrected chi connectivity index (χ3v) is 4.47. The van der Waals surface area contributed by atoms with Gasteiger partial charge in [-0.15, -0.1) is 0 Å². The van der Waals surface area contributed by atoms with E-state index in [1.807, 2.05) is 79.7 Å². The van der Waals surface area contributed by atoms with Gasteiger partial charge < -0.3 is 15.4 Å². The van der Waals surface area contributed by atoms with Gasteiger partial charge in [0.05, 0.1) is 0 Å². The highest BCUT2D eigenvalue weighted by Gasteiger charge is 2.08. The van der Waals surface area contributed by atoms with Crippen LogP contribution in [0.3, 0.4) is 0 Å². The fourth-order valence-electron chi connectivity index (χ4n) is 2.56. The monoisotopic (exact) mass is 424 g/mol. The Hall–Kier alpha value is -2.79. The molecule has 0 aliphatic rings. The van der Waals surface area contributed by atoms with E-state index in [4.69, 9.17) is 4.74 Å². The second-order valence-corrected chi connectivity index (χ2v) is 7.09. The van der Waals surface area contributed by atoms with Crippen molar-refractivity contribution in [3.05, 3.63) is 88.4 Å². The second kappa shape index (κ2) is 9.24. The Morgan fingerprint density at radius 3 is 2.44 bits per heavy atom. The molecule has 0 unspecified atom stereocenters. The summed E-state index contributed by atoms with van der Waals surface area (Å²) in [5.41, 5.74) is 3.91. The van der Waals surface area contributed by atoms with Crippen molar-refractivity contribution in [3.63, 3.8) is 0 Å². The van der Waals surface area contributed by atoms with Crippen LogP contribution in [-0.4, -0.2) is 12.5 Å². The van der Waals surface area contributed by atoms with Crippen molar-refractivity contribution in [2.24, 2.45) is 0 Å². The molecule has 3 aromatic rings. The summed E-state index contributed by atoms with van der Waals surface area (Å²) in [4.78, 5) is 12.2. The number of ether oxygens (including phenoxy) is 1. The van der Waals surface area contributed by atoms with Gasteiger partial charge >= 0.3 is 0 Å². The van der Waals surface area contributed by atoms with Crippen molar-refractivity contribution < 1.29 is 9.53 Å². The summed E-state index contributed by atoms with van der Waals surface area (Å²) in [6.07, 6.45) is 0. The van der Waals surface area contributed by atoms with Crippen molar-refractivity contribution in [2.45, 2.75) is 13.5 Å². The third-order valence-electron chi connectivity index (χ3n) is 3.97. The Balaban J connectivity index is 1.60. The molecule has 5 heteroatoms. The lowest BCUT2D eigenvalue weighted by Crippen LogP contribution is -2.20. The summed E-state index contributed by atoms with van der Waals surface area (Å²) in [6, 6.07) is 23.4. The molecule has 0 saturated heterocycles. The third kappa shape index (κ3) is 5.86. The number of amides is 1. The van der Waals surface area contributed by atoms with E-state index >= 15 is 0 Å². The molecule has 138 valence electrons. The van der Waals surface area contributed by atoms with Gasteiger partial charge in [0.25, 0.3) is 5.91 Å². The molecule has 0 atom stereocenters. The van der Waals surface area contributed by atoms with Gasteiger partial charge in [-0.05, 0) is 49.4 Å². The van der Waals surface area contributed by atoms with E-state index in [0.717, 1.165) is 27.0 Å². The van der Waals surface area contributed by atoms with Crippen molar-refractivity contribution in [3.8, 4) is 5.75 Å². The van der Waals surface area contributed by atoms with Crippen molar-refractivity contribution in [1.82, 2.24) is 0 Å². The lowest BCUT2D eigenvalue weighted by molar-refractivity contribution is -0.118. The summed E-state index contributed by atoms with van der Waals surface area (Å²) in [5, 5.41) is 6.20. The van der Waals surface area contributed by atoms with E-state index in [1.54, 1.807) is 0 Å². The highest BCUT2D eigenvalue weighted by molar-refractivity contribution is 9.10. The number of carbonyl (C=O) groups is 1. The van der Waals surface area contributed by atoms with Gasteiger partial charge in [-0.3, -0.25) is 4.79 Å². The molecule has 0 fully saturated rings. The molecule has 3 aromatic carbocycles. The Labute approximate surface area is 167 Å². The summed E-state index contributed by atoms with van der Waals surface area (Å²) in [6.45, 7) is 2.56. The number of hydrogen-bond donors (Lipinski definition) is 2. The molecule has 3 rings (SSSR count). The van der Waals surface area contributed by atoms with Gasteiger partial charge in [0.15, 0.2) is 6.61 Å². The fraction of sp³-hybridized carbons (Fsp3) is 0.136. The van der Waals surface area contributed by atoms with Crippen LogP contribution in [-0.2, 0) is 11.3 Å². The van der Waals surface area contributed by atoms with Crippen LogP contribution in [0.2, 0.25) is 0 Å². The van der Waals surface area contributed by atoms with E-state index in [2.05, 4.69) is 26.6 Å². The molecular formula is C22H21BrN2O2. The first kappa shape index (κ1) is 19.0. The molecule has 0 aromatic heterocycles. The fourth-order valence-corrected chi connectivity index (χ4v) is 2.97. The average Bonchev–Trinajstić information content (AvgIpc) is 2.68. The van der Waals surface area contributed by atoms with Gasteiger partial charge in [-0.2, -0.15) is 0 Å². The SMILES string of the molecule is Cc1ccc(NC(=O)COc2ccc(Br)cc2CNc2ccccc2)cc1. The lowest BCUT2D eigenvalue weighted by Gasteiger charge is -2.13. The quantitative estimate of drug-likeness (QED) is 0.534.